The molecule has 0 unspecified atom stereocenters. The number of rotatable bonds is 2. The van der Waals surface area contributed by atoms with E-state index in [0.717, 1.165) is 12.8 Å². The number of piperidine rings is 1. The second-order valence-corrected chi connectivity index (χ2v) is 5.46. The van der Waals surface area contributed by atoms with Crippen molar-refractivity contribution in [3.63, 3.8) is 0 Å². The number of carbonyl (C=O) groups is 1. The second-order valence-electron chi connectivity index (χ2n) is 5.46. The Hall–Kier alpha value is -1.54. The summed E-state index contributed by atoms with van der Waals surface area (Å²) in [5, 5.41) is 20.9. The first-order chi connectivity index (χ1) is 9.70. The Morgan fingerprint density at radius 2 is 2.25 bits per heavy atom. The van der Waals surface area contributed by atoms with Gasteiger partial charge in [0.05, 0.1) is 11.7 Å². The molecule has 0 bridgehead atoms. The summed E-state index contributed by atoms with van der Waals surface area (Å²) in [5.74, 6) is -0.00236. The fourth-order valence-corrected chi connectivity index (χ4v) is 3.01. The van der Waals surface area contributed by atoms with Gasteiger partial charge in [-0.25, -0.2) is 4.68 Å². The lowest BCUT2D eigenvalue weighted by molar-refractivity contribution is -0.179. The molecule has 1 amide bonds. The molecule has 3 heterocycles. The van der Waals surface area contributed by atoms with Crippen molar-refractivity contribution >= 4 is 5.91 Å². The predicted molar refractivity (Wildman–Crippen MR) is 67.6 cm³/mol. The van der Waals surface area contributed by atoms with Gasteiger partial charge in [-0.15, -0.1) is 5.10 Å². The van der Waals surface area contributed by atoms with Crippen LogP contribution in [0.4, 0.5) is 0 Å². The summed E-state index contributed by atoms with van der Waals surface area (Å²) >= 11 is 0. The quantitative estimate of drug-likeness (QED) is 0.763. The summed E-state index contributed by atoms with van der Waals surface area (Å²) in [5.41, 5.74) is -0.441. The van der Waals surface area contributed by atoms with Gasteiger partial charge >= 0.3 is 0 Å². The van der Waals surface area contributed by atoms with Crippen LogP contribution in [0.5, 0.6) is 0 Å². The van der Waals surface area contributed by atoms with Crippen molar-refractivity contribution in [1.82, 2.24) is 25.1 Å². The van der Waals surface area contributed by atoms with Gasteiger partial charge < -0.3 is 14.7 Å². The van der Waals surface area contributed by atoms with Gasteiger partial charge in [0.2, 0.25) is 5.91 Å². The van der Waals surface area contributed by atoms with Gasteiger partial charge in [-0.2, -0.15) is 0 Å². The summed E-state index contributed by atoms with van der Waals surface area (Å²) < 4.78 is 7.24. The van der Waals surface area contributed by atoms with Crippen LogP contribution >= 0.6 is 0 Å². The van der Waals surface area contributed by atoms with Crippen LogP contribution in [0.25, 0.3) is 0 Å². The minimum absolute atomic E-state index is 0.00236. The molecule has 0 saturated carbocycles. The Balaban J connectivity index is 1.56. The molecule has 1 spiro atoms. The summed E-state index contributed by atoms with van der Waals surface area (Å²) in [4.78, 5) is 13.9. The van der Waals surface area contributed by atoms with E-state index in [1.54, 1.807) is 4.90 Å². The molecule has 2 fully saturated rings. The van der Waals surface area contributed by atoms with Crippen LogP contribution < -0.4 is 0 Å². The van der Waals surface area contributed by atoms with Gasteiger partial charge in [0.15, 0.2) is 0 Å². The number of aliphatic hydroxyl groups excluding tert-OH is 1. The van der Waals surface area contributed by atoms with Gasteiger partial charge in [0, 0.05) is 19.7 Å². The van der Waals surface area contributed by atoms with E-state index in [0.29, 0.717) is 32.5 Å². The normalized spacial score (nSPS) is 25.9. The zero-order chi connectivity index (χ0) is 14.0. The molecule has 1 N–H and O–H groups in total. The average Bonchev–Trinajstić information content (AvgIpc) is 2.96. The number of tetrazole rings is 1. The van der Waals surface area contributed by atoms with E-state index in [1.807, 2.05) is 0 Å². The number of hydrogen-bond acceptors (Lipinski definition) is 6. The lowest BCUT2D eigenvalue weighted by Gasteiger charge is -2.46. The molecule has 1 aromatic rings. The second kappa shape index (κ2) is 5.45. The van der Waals surface area contributed by atoms with Gasteiger partial charge in [0.1, 0.15) is 12.9 Å². The minimum Gasteiger partial charge on any atom is -0.390 e. The highest BCUT2D eigenvalue weighted by atomic mass is 16.5. The number of nitrogens with zero attached hydrogens (tertiary/aromatic N) is 5. The van der Waals surface area contributed by atoms with Crippen molar-refractivity contribution in [2.45, 2.75) is 43.9 Å². The highest BCUT2D eigenvalue weighted by molar-refractivity contribution is 5.76. The molecule has 0 aliphatic carbocycles. The molecule has 1 aromatic heterocycles. The molecule has 2 aliphatic heterocycles. The molecule has 8 nitrogen and oxygen atoms in total. The van der Waals surface area contributed by atoms with Crippen molar-refractivity contribution in [3.05, 3.63) is 6.33 Å². The molecule has 20 heavy (non-hydrogen) atoms. The molecular formula is C12H19N5O3. The first kappa shape index (κ1) is 13.4. The van der Waals surface area contributed by atoms with Crippen LogP contribution in [-0.4, -0.2) is 67.5 Å². The Labute approximate surface area is 116 Å². The summed E-state index contributed by atoms with van der Waals surface area (Å²) in [6.45, 7) is 2.08. The van der Waals surface area contributed by atoms with Crippen molar-refractivity contribution in [2.24, 2.45) is 0 Å². The molecule has 8 heteroatoms. The molecule has 2 aliphatic rings. The van der Waals surface area contributed by atoms with Gasteiger partial charge in [-0.3, -0.25) is 4.79 Å². The molecule has 3 rings (SSSR count). The maximum atomic E-state index is 12.1. The van der Waals surface area contributed by atoms with Gasteiger partial charge in [-0.1, -0.05) is 0 Å². The highest BCUT2D eigenvalue weighted by Crippen LogP contribution is 2.35. The molecule has 110 valence electrons. The topological polar surface area (TPSA) is 93.4 Å². The van der Waals surface area contributed by atoms with Gasteiger partial charge in [-0.05, 0) is 36.1 Å². The number of hydrogen-bond donors (Lipinski definition) is 1. The fraction of sp³-hybridized carbons (Fsp3) is 0.833. The number of carbonyl (C=O) groups excluding carboxylic acids is 1. The van der Waals surface area contributed by atoms with E-state index in [2.05, 4.69) is 15.5 Å². The van der Waals surface area contributed by atoms with Crippen molar-refractivity contribution in [1.29, 1.82) is 0 Å². The fourth-order valence-electron chi connectivity index (χ4n) is 3.01. The van der Waals surface area contributed by atoms with Crippen LogP contribution in [0.15, 0.2) is 6.33 Å². The van der Waals surface area contributed by atoms with Crippen molar-refractivity contribution < 1.29 is 14.6 Å². The Bertz CT molecular complexity index is 456. The van der Waals surface area contributed by atoms with E-state index in [-0.39, 0.29) is 12.5 Å². The molecular weight excluding hydrogens is 262 g/mol. The first-order valence-corrected chi connectivity index (χ1v) is 7.00. The van der Waals surface area contributed by atoms with Crippen LogP contribution in [0, 0.1) is 0 Å². The number of aromatic nitrogens is 4. The highest BCUT2D eigenvalue weighted by Gasteiger charge is 2.44. The number of aliphatic hydroxyl groups is 1. The third kappa shape index (κ3) is 2.53. The van der Waals surface area contributed by atoms with Gasteiger partial charge in [0.25, 0.3) is 0 Å². The lowest BCUT2D eigenvalue weighted by atomic mass is 9.82. The Kier molecular flexibility index (Phi) is 3.66. The van der Waals surface area contributed by atoms with Crippen LogP contribution in [0.3, 0.4) is 0 Å². The molecule has 1 atom stereocenters. The van der Waals surface area contributed by atoms with Crippen LogP contribution in [-0.2, 0) is 16.1 Å². The number of likely N-dealkylation sites (tertiary alicyclic amines) is 1. The number of ether oxygens (including phenoxy) is 1. The lowest BCUT2D eigenvalue weighted by Crippen LogP contribution is -2.56. The number of amides is 1. The van der Waals surface area contributed by atoms with E-state index in [4.69, 9.17) is 4.74 Å². The maximum absolute atomic E-state index is 12.1. The summed E-state index contributed by atoms with van der Waals surface area (Å²) in [6, 6.07) is 0. The molecule has 0 aromatic carbocycles. The summed E-state index contributed by atoms with van der Waals surface area (Å²) in [7, 11) is 0. The molecule has 2 saturated heterocycles. The van der Waals surface area contributed by atoms with Crippen LogP contribution in [0.1, 0.15) is 25.7 Å². The SMILES string of the molecule is O=C(Cn1cnnn1)N1CCC2(CC1)OCCC[C@H]2O. The monoisotopic (exact) mass is 281 g/mol. The smallest absolute Gasteiger partial charge is 0.244 e. The molecule has 0 radical (unpaired) electrons. The van der Waals surface area contributed by atoms with E-state index in [9.17, 15) is 9.90 Å². The first-order valence-electron chi connectivity index (χ1n) is 7.00. The zero-order valence-electron chi connectivity index (χ0n) is 11.3. The van der Waals surface area contributed by atoms with Crippen molar-refractivity contribution in [3.8, 4) is 0 Å². The maximum Gasteiger partial charge on any atom is 0.244 e. The van der Waals surface area contributed by atoms with E-state index in [1.165, 1.54) is 11.0 Å². The van der Waals surface area contributed by atoms with Crippen LogP contribution in [0.2, 0.25) is 0 Å². The van der Waals surface area contributed by atoms with E-state index >= 15 is 0 Å². The predicted octanol–water partition coefficient (Wildman–Crippen LogP) is -0.794. The summed E-state index contributed by atoms with van der Waals surface area (Å²) in [6.07, 6.45) is 4.10. The Morgan fingerprint density at radius 1 is 1.45 bits per heavy atom. The minimum atomic E-state index is -0.441. The Morgan fingerprint density at radius 3 is 2.90 bits per heavy atom. The average molecular weight is 281 g/mol. The largest absolute Gasteiger partial charge is 0.390 e. The third-order valence-corrected chi connectivity index (χ3v) is 4.27. The zero-order valence-corrected chi connectivity index (χ0v) is 11.3. The third-order valence-electron chi connectivity index (χ3n) is 4.27. The van der Waals surface area contributed by atoms with E-state index < -0.39 is 11.7 Å². The van der Waals surface area contributed by atoms with Crippen molar-refractivity contribution in [2.75, 3.05) is 19.7 Å². The standard InChI is InChI=1S/C12H19N5O3/c18-10-2-1-7-20-12(10)3-5-16(6-4-12)11(19)8-17-9-13-14-15-17/h9-10,18H,1-8H2/t10-/m1/s1.